The minimum absolute atomic E-state index is 0.0968. The molecule has 9 nitrogen and oxygen atoms in total. The van der Waals surface area contributed by atoms with Gasteiger partial charge >= 0.3 is 0 Å². The van der Waals surface area contributed by atoms with Gasteiger partial charge in [0, 0.05) is 76.4 Å². The Balaban J connectivity index is 1.31. The summed E-state index contributed by atoms with van der Waals surface area (Å²) in [4.78, 5) is 29.9. The van der Waals surface area contributed by atoms with E-state index in [0.29, 0.717) is 12.6 Å². The second-order valence-corrected chi connectivity index (χ2v) is 9.25. The fraction of sp³-hybridized carbons (Fsp3) is 0.462. The summed E-state index contributed by atoms with van der Waals surface area (Å²) < 4.78 is 5.82. The number of ether oxygens (including phenoxy) is 1. The van der Waals surface area contributed by atoms with Gasteiger partial charge in [-0.05, 0) is 31.0 Å². The molecule has 1 unspecified atom stereocenters. The summed E-state index contributed by atoms with van der Waals surface area (Å²) in [5.41, 5.74) is 4.65. The number of hydrogen-bond acceptors (Lipinski definition) is 8. The molecule has 2 aromatic heterocycles. The summed E-state index contributed by atoms with van der Waals surface area (Å²) in [5, 5.41) is 6.79. The number of morpholine rings is 1. The number of carbonyl (C=O) groups excluding carboxylic acids is 1. The van der Waals surface area contributed by atoms with Crippen LogP contribution in [0.25, 0.3) is 22.3 Å². The van der Waals surface area contributed by atoms with Gasteiger partial charge in [-0.2, -0.15) is 0 Å². The van der Waals surface area contributed by atoms with Crippen LogP contribution < -0.4 is 15.5 Å². The van der Waals surface area contributed by atoms with E-state index < -0.39 is 0 Å². The number of pyridine rings is 1. The Bertz CT molecular complexity index is 1160. The standard InChI is InChI=1S/C26H33N7O2/c1-18(34)32(2)20-7-12-33(13-8-20)21-5-3-19(4-6-21)23-15-24-25(29-10-9-28-24)26(31-23)30-17-22-16-27-11-14-35-22/h3-6,9-10,15,20,22,27H,7-8,11-14,16-17H2,1-2H3,(H,30,31). The maximum Gasteiger partial charge on any atom is 0.219 e. The zero-order valence-electron chi connectivity index (χ0n) is 20.4. The highest BCUT2D eigenvalue weighted by molar-refractivity contribution is 5.88. The average Bonchev–Trinajstić information content (AvgIpc) is 2.92. The number of hydrogen-bond donors (Lipinski definition) is 2. The Morgan fingerprint density at radius 3 is 2.69 bits per heavy atom. The number of nitrogens with one attached hydrogen (secondary N) is 2. The predicted octanol–water partition coefficient (Wildman–Crippen LogP) is 2.54. The first kappa shape index (κ1) is 23.4. The predicted molar refractivity (Wildman–Crippen MR) is 138 cm³/mol. The second-order valence-electron chi connectivity index (χ2n) is 9.25. The van der Waals surface area contributed by atoms with E-state index in [1.54, 1.807) is 19.3 Å². The van der Waals surface area contributed by atoms with Crippen LogP contribution in [0.3, 0.4) is 0 Å². The van der Waals surface area contributed by atoms with Crippen molar-refractivity contribution in [3.63, 3.8) is 0 Å². The summed E-state index contributed by atoms with van der Waals surface area (Å²) >= 11 is 0. The fourth-order valence-electron chi connectivity index (χ4n) is 4.82. The smallest absolute Gasteiger partial charge is 0.219 e. The Kier molecular flexibility index (Phi) is 7.06. The lowest BCUT2D eigenvalue weighted by Crippen LogP contribution is -2.45. The zero-order chi connectivity index (χ0) is 24.2. The molecule has 2 N–H and O–H groups in total. The number of anilines is 2. The molecule has 184 valence electrons. The number of amides is 1. The van der Waals surface area contributed by atoms with Gasteiger partial charge in [0.25, 0.3) is 0 Å². The van der Waals surface area contributed by atoms with E-state index in [1.807, 2.05) is 18.0 Å². The highest BCUT2D eigenvalue weighted by atomic mass is 16.5. The molecule has 0 bridgehead atoms. The van der Waals surface area contributed by atoms with Crippen LogP contribution in [0.2, 0.25) is 0 Å². The normalized spacial score (nSPS) is 19.0. The van der Waals surface area contributed by atoms with Crippen molar-refractivity contribution >= 4 is 28.4 Å². The Morgan fingerprint density at radius 1 is 1.20 bits per heavy atom. The van der Waals surface area contributed by atoms with Gasteiger partial charge in [0.1, 0.15) is 5.52 Å². The largest absolute Gasteiger partial charge is 0.374 e. The summed E-state index contributed by atoms with van der Waals surface area (Å²) in [7, 11) is 1.90. The van der Waals surface area contributed by atoms with Gasteiger partial charge in [-0.1, -0.05) is 12.1 Å². The number of carbonyl (C=O) groups is 1. The number of aromatic nitrogens is 3. The molecule has 2 aliphatic rings. The molecule has 4 heterocycles. The summed E-state index contributed by atoms with van der Waals surface area (Å²) in [6.45, 7) is 6.61. The zero-order valence-corrected chi connectivity index (χ0v) is 20.4. The molecule has 1 aromatic carbocycles. The van der Waals surface area contributed by atoms with Gasteiger partial charge in [-0.3, -0.25) is 9.78 Å². The lowest BCUT2D eigenvalue weighted by atomic mass is 10.0. The van der Waals surface area contributed by atoms with Crippen LogP contribution in [0, 0.1) is 0 Å². The molecule has 9 heteroatoms. The maximum atomic E-state index is 11.7. The van der Waals surface area contributed by atoms with Crippen LogP contribution in [0.5, 0.6) is 0 Å². The Labute approximate surface area is 205 Å². The van der Waals surface area contributed by atoms with Gasteiger partial charge in [0.05, 0.1) is 23.9 Å². The number of benzene rings is 1. The minimum Gasteiger partial charge on any atom is -0.374 e. The molecular weight excluding hydrogens is 442 g/mol. The van der Waals surface area contributed by atoms with E-state index in [1.165, 1.54) is 5.69 Å². The minimum atomic E-state index is 0.0968. The van der Waals surface area contributed by atoms with Crippen molar-refractivity contribution in [3.8, 4) is 11.3 Å². The number of nitrogens with zero attached hydrogens (tertiary/aromatic N) is 5. The van der Waals surface area contributed by atoms with Crippen LogP contribution in [0.1, 0.15) is 19.8 Å². The van der Waals surface area contributed by atoms with Gasteiger partial charge in [0.2, 0.25) is 5.91 Å². The molecule has 2 fully saturated rings. The quantitative estimate of drug-likeness (QED) is 0.562. The number of fused-ring (bicyclic) bond motifs is 1. The molecule has 2 aliphatic heterocycles. The lowest BCUT2D eigenvalue weighted by Gasteiger charge is -2.37. The van der Waals surface area contributed by atoms with E-state index in [0.717, 1.165) is 73.7 Å². The van der Waals surface area contributed by atoms with Crippen LogP contribution in [0.15, 0.2) is 42.7 Å². The number of rotatable bonds is 6. The maximum absolute atomic E-state index is 11.7. The lowest BCUT2D eigenvalue weighted by molar-refractivity contribution is -0.129. The molecule has 2 saturated heterocycles. The molecule has 5 rings (SSSR count). The first-order valence-electron chi connectivity index (χ1n) is 12.4. The molecule has 0 aliphatic carbocycles. The van der Waals surface area contributed by atoms with Crippen molar-refractivity contribution in [3.05, 3.63) is 42.7 Å². The fourth-order valence-corrected chi connectivity index (χ4v) is 4.82. The SMILES string of the molecule is CC(=O)N(C)C1CCN(c2ccc(-c3cc4nccnc4c(NCC4CNCCO4)n3)cc2)CC1. The number of piperidine rings is 1. The van der Waals surface area contributed by atoms with Crippen molar-refractivity contribution in [2.75, 3.05) is 56.6 Å². The van der Waals surface area contributed by atoms with Gasteiger partial charge < -0.3 is 25.2 Å². The summed E-state index contributed by atoms with van der Waals surface area (Å²) in [6.07, 6.45) is 5.47. The first-order chi connectivity index (χ1) is 17.1. The molecule has 35 heavy (non-hydrogen) atoms. The Morgan fingerprint density at radius 2 is 1.97 bits per heavy atom. The van der Waals surface area contributed by atoms with Crippen LogP contribution >= 0.6 is 0 Å². The van der Waals surface area contributed by atoms with Crippen LogP contribution in [-0.2, 0) is 9.53 Å². The topological polar surface area (TPSA) is 95.5 Å². The molecule has 1 atom stereocenters. The van der Waals surface area contributed by atoms with Crippen LogP contribution in [0.4, 0.5) is 11.5 Å². The van der Waals surface area contributed by atoms with Crippen molar-refractivity contribution in [1.29, 1.82) is 0 Å². The third-order valence-corrected chi connectivity index (χ3v) is 7.00. The highest BCUT2D eigenvalue weighted by Crippen LogP contribution is 2.28. The summed E-state index contributed by atoms with van der Waals surface area (Å²) in [5.74, 6) is 0.859. The van der Waals surface area contributed by atoms with E-state index >= 15 is 0 Å². The van der Waals surface area contributed by atoms with Crippen molar-refractivity contribution in [1.82, 2.24) is 25.2 Å². The Hall–Kier alpha value is -3.30. The van der Waals surface area contributed by atoms with Gasteiger partial charge in [0.15, 0.2) is 5.82 Å². The third kappa shape index (κ3) is 5.36. The van der Waals surface area contributed by atoms with Gasteiger partial charge in [-0.15, -0.1) is 0 Å². The highest BCUT2D eigenvalue weighted by Gasteiger charge is 2.24. The second kappa shape index (κ2) is 10.5. The van der Waals surface area contributed by atoms with E-state index in [-0.39, 0.29) is 12.0 Å². The molecule has 3 aromatic rings. The third-order valence-electron chi connectivity index (χ3n) is 7.00. The van der Waals surface area contributed by atoms with Crippen LogP contribution in [-0.4, -0.2) is 84.3 Å². The molecule has 1 amide bonds. The molecule has 0 radical (unpaired) electrons. The molecular formula is C26H33N7O2. The van der Waals surface area contributed by atoms with E-state index in [9.17, 15) is 4.79 Å². The molecule has 0 saturated carbocycles. The van der Waals surface area contributed by atoms with Crippen molar-refractivity contribution < 1.29 is 9.53 Å². The van der Waals surface area contributed by atoms with E-state index in [4.69, 9.17) is 9.72 Å². The molecule has 0 spiro atoms. The average molecular weight is 476 g/mol. The monoisotopic (exact) mass is 475 g/mol. The first-order valence-corrected chi connectivity index (χ1v) is 12.4. The van der Waals surface area contributed by atoms with Crippen molar-refractivity contribution in [2.45, 2.75) is 31.9 Å². The summed E-state index contributed by atoms with van der Waals surface area (Å²) in [6, 6.07) is 10.9. The van der Waals surface area contributed by atoms with E-state index in [2.05, 4.69) is 49.8 Å². The van der Waals surface area contributed by atoms with Gasteiger partial charge in [-0.25, -0.2) is 9.97 Å². The van der Waals surface area contributed by atoms with Crippen molar-refractivity contribution in [2.24, 2.45) is 0 Å².